The monoisotopic (exact) mass is 266 g/mol. The molecule has 0 aliphatic heterocycles. The van der Waals surface area contributed by atoms with Crippen LogP contribution in [0.2, 0.25) is 0 Å². The summed E-state index contributed by atoms with van der Waals surface area (Å²) in [5, 5.41) is 2.84. The normalized spacial score (nSPS) is 10.4. The first-order valence-electron chi connectivity index (χ1n) is 6.42. The zero-order valence-corrected chi connectivity index (χ0v) is 11.4. The number of amides is 1. The molecule has 0 fully saturated rings. The van der Waals surface area contributed by atoms with E-state index < -0.39 is 0 Å². The number of benzene rings is 1. The Labute approximate surface area is 114 Å². The molecule has 0 aliphatic carbocycles. The van der Waals surface area contributed by atoms with Gasteiger partial charge in [0, 0.05) is 32.6 Å². The Kier molecular flexibility index (Phi) is 7.81. The van der Waals surface area contributed by atoms with Gasteiger partial charge >= 0.3 is 0 Å². The molecule has 0 aromatic heterocycles. The molecule has 5 nitrogen and oxygen atoms in total. The van der Waals surface area contributed by atoms with Crippen molar-refractivity contribution in [2.45, 2.75) is 19.4 Å². The third-order valence-corrected chi connectivity index (χ3v) is 2.62. The van der Waals surface area contributed by atoms with Crippen molar-refractivity contribution < 1.29 is 14.3 Å². The third kappa shape index (κ3) is 6.33. The molecule has 0 atom stereocenters. The smallest absolute Gasteiger partial charge is 0.226 e. The van der Waals surface area contributed by atoms with Crippen LogP contribution in [0.3, 0.4) is 0 Å². The summed E-state index contributed by atoms with van der Waals surface area (Å²) in [4.78, 5) is 11.7. The first kappa shape index (κ1) is 15.6. The number of hydrogen-bond donors (Lipinski definition) is 2. The molecule has 0 aliphatic rings. The van der Waals surface area contributed by atoms with Crippen LogP contribution >= 0.6 is 0 Å². The number of anilines is 1. The van der Waals surface area contributed by atoms with Crippen LogP contribution in [0.15, 0.2) is 24.3 Å². The molecule has 0 spiro atoms. The summed E-state index contributed by atoms with van der Waals surface area (Å²) in [5.74, 6) is -0.0624. The summed E-state index contributed by atoms with van der Waals surface area (Å²) in [6, 6.07) is 7.52. The molecule has 0 saturated carbocycles. The Hall–Kier alpha value is -1.43. The minimum atomic E-state index is -0.0624. The molecule has 1 rings (SSSR count). The molecule has 5 heteroatoms. The molecule has 19 heavy (non-hydrogen) atoms. The second kappa shape index (κ2) is 9.49. The van der Waals surface area contributed by atoms with Crippen LogP contribution < -0.4 is 11.1 Å². The number of nitrogens with two attached hydrogens (primary N) is 1. The number of methoxy groups -OCH3 is 1. The number of carbonyl (C=O) groups is 1. The zero-order chi connectivity index (χ0) is 13.9. The minimum absolute atomic E-state index is 0.0624. The van der Waals surface area contributed by atoms with Crippen molar-refractivity contribution in [3.63, 3.8) is 0 Å². The predicted molar refractivity (Wildman–Crippen MR) is 74.9 cm³/mol. The van der Waals surface area contributed by atoms with E-state index in [1.165, 1.54) is 0 Å². The van der Waals surface area contributed by atoms with Crippen LogP contribution in [0.25, 0.3) is 0 Å². The van der Waals surface area contributed by atoms with Crippen molar-refractivity contribution in [2.75, 3.05) is 32.2 Å². The Morgan fingerprint density at radius 3 is 2.79 bits per heavy atom. The highest BCUT2D eigenvalue weighted by Crippen LogP contribution is 2.14. The van der Waals surface area contributed by atoms with E-state index in [0.717, 1.165) is 17.7 Å². The molecule has 0 unspecified atom stereocenters. The fourth-order valence-corrected chi connectivity index (χ4v) is 1.61. The average Bonchev–Trinajstić information content (AvgIpc) is 2.43. The van der Waals surface area contributed by atoms with E-state index >= 15 is 0 Å². The van der Waals surface area contributed by atoms with Crippen molar-refractivity contribution in [3.05, 3.63) is 29.8 Å². The maximum Gasteiger partial charge on any atom is 0.226 e. The number of nitrogens with one attached hydrogen (secondary N) is 1. The molecule has 0 bridgehead atoms. The largest absolute Gasteiger partial charge is 0.385 e. The van der Waals surface area contributed by atoms with E-state index in [9.17, 15) is 4.79 Å². The predicted octanol–water partition coefficient (Wildman–Crippen LogP) is 1.53. The van der Waals surface area contributed by atoms with Crippen molar-refractivity contribution in [1.29, 1.82) is 0 Å². The van der Waals surface area contributed by atoms with Gasteiger partial charge in [-0.1, -0.05) is 18.2 Å². The first-order chi connectivity index (χ1) is 9.27. The molecule has 106 valence electrons. The molecule has 0 radical (unpaired) electrons. The van der Waals surface area contributed by atoms with Crippen molar-refractivity contribution in [3.8, 4) is 0 Å². The fourth-order valence-electron chi connectivity index (χ4n) is 1.61. The van der Waals surface area contributed by atoms with Gasteiger partial charge in [0.15, 0.2) is 0 Å². The van der Waals surface area contributed by atoms with Crippen LogP contribution in [-0.4, -0.2) is 32.8 Å². The van der Waals surface area contributed by atoms with Gasteiger partial charge in [0.05, 0.1) is 13.0 Å². The van der Waals surface area contributed by atoms with E-state index in [0.29, 0.717) is 32.8 Å². The topological polar surface area (TPSA) is 73.6 Å². The van der Waals surface area contributed by atoms with Gasteiger partial charge in [-0.15, -0.1) is 0 Å². The Morgan fingerprint density at radius 1 is 1.26 bits per heavy atom. The highest BCUT2D eigenvalue weighted by molar-refractivity contribution is 5.91. The molecular formula is C14H22N2O3. The molecular weight excluding hydrogens is 244 g/mol. The zero-order valence-electron chi connectivity index (χ0n) is 11.4. The Morgan fingerprint density at radius 2 is 2.05 bits per heavy atom. The molecule has 1 aromatic rings. The van der Waals surface area contributed by atoms with Gasteiger partial charge in [-0.25, -0.2) is 0 Å². The summed E-state index contributed by atoms with van der Waals surface area (Å²) < 4.78 is 10.2. The summed E-state index contributed by atoms with van der Waals surface area (Å²) in [6.45, 7) is 2.11. The number of para-hydroxylation sites is 1. The van der Waals surface area contributed by atoms with Crippen LogP contribution in [0, 0.1) is 0 Å². The van der Waals surface area contributed by atoms with Gasteiger partial charge in [0.1, 0.15) is 0 Å². The molecule has 0 saturated heterocycles. The van der Waals surface area contributed by atoms with Crippen molar-refractivity contribution in [2.24, 2.45) is 5.73 Å². The maximum absolute atomic E-state index is 11.7. The standard InChI is InChI=1S/C14H22N2O3/c1-18-8-4-9-19-10-7-14(17)16-13-6-3-2-5-12(13)11-15/h2-3,5-6H,4,7-11,15H2,1H3,(H,16,17). The van der Waals surface area contributed by atoms with Crippen LogP contribution in [0.1, 0.15) is 18.4 Å². The third-order valence-electron chi connectivity index (χ3n) is 2.62. The van der Waals surface area contributed by atoms with E-state index in [2.05, 4.69) is 5.32 Å². The van der Waals surface area contributed by atoms with Crippen molar-refractivity contribution >= 4 is 11.6 Å². The quantitative estimate of drug-likeness (QED) is 0.665. The average molecular weight is 266 g/mol. The Balaban J connectivity index is 2.23. The van der Waals surface area contributed by atoms with E-state index in [1.54, 1.807) is 7.11 Å². The van der Waals surface area contributed by atoms with Gasteiger partial charge < -0.3 is 20.5 Å². The van der Waals surface area contributed by atoms with Crippen LogP contribution in [-0.2, 0) is 20.8 Å². The summed E-state index contributed by atoms with van der Waals surface area (Å²) in [7, 11) is 1.66. The number of rotatable bonds is 9. The lowest BCUT2D eigenvalue weighted by molar-refractivity contribution is -0.117. The molecule has 1 amide bonds. The highest BCUT2D eigenvalue weighted by Gasteiger charge is 2.05. The second-order valence-electron chi connectivity index (χ2n) is 4.12. The highest BCUT2D eigenvalue weighted by atomic mass is 16.5. The molecule has 3 N–H and O–H groups in total. The Bertz CT molecular complexity index is 383. The minimum Gasteiger partial charge on any atom is -0.385 e. The summed E-state index contributed by atoms with van der Waals surface area (Å²) in [6.07, 6.45) is 1.18. The van der Waals surface area contributed by atoms with E-state index in [1.807, 2.05) is 24.3 Å². The number of carbonyl (C=O) groups excluding carboxylic acids is 1. The summed E-state index contributed by atoms with van der Waals surface area (Å²) in [5.41, 5.74) is 7.31. The van der Waals surface area contributed by atoms with Gasteiger partial charge in [0.25, 0.3) is 0 Å². The maximum atomic E-state index is 11.7. The first-order valence-corrected chi connectivity index (χ1v) is 6.42. The van der Waals surface area contributed by atoms with Crippen LogP contribution in [0.5, 0.6) is 0 Å². The summed E-state index contributed by atoms with van der Waals surface area (Å²) >= 11 is 0. The van der Waals surface area contributed by atoms with Crippen LogP contribution in [0.4, 0.5) is 5.69 Å². The van der Waals surface area contributed by atoms with Gasteiger partial charge in [-0.2, -0.15) is 0 Å². The fraction of sp³-hybridized carbons (Fsp3) is 0.500. The van der Waals surface area contributed by atoms with Gasteiger partial charge in [-0.3, -0.25) is 4.79 Å². The second-order valence-corrected chi connectivity index (χ2v) is 4.12. The number of hydrogen-bond acceptors (Lipinski definition) is 4. The van der Waals surface area contributed by atoms with E-state index in [4.69, 9.17) is 15.2 Å². The SMILES string of the molecule is COCCCOCCC(=O)Nc1ccccc1CN. The lowest BCUT2D eigenvalue weighted by Crippen LogP contribution is -2.16. The van der Waals surface area contributed by atoms with Gasteiger partial charge in [-0.05, 0) is 18.1 Å². The molecule has 1 aromatic carbocycles. The van der Waals surface area contributed by atoms with E-state index in [-0.39, 0.29) is 5.91 Å². The van der Waals surface area contributed by atoms with Gasteiger partial charge in [0.2, 0.25) is 5.91 Å². The molecule has 0 heterocycles. The number of ether oxygens (including phenoxy) is 2. The van der Waals surface area contributed by atoms with Crippen molar-refractivity contribution in [1.82, 2.24) is 0 Å². The lowest BCUT2D eigenvalue weighted by Gasteiger charge is -2.09. The lowest BCUT2D eigenvalue weighted by atomic mass is 10.2.